The molecule has 0 aliphatic heterocycles. The molecule has 2 aromatic carbocycles. The Bertz CT molecular complexity index is 1060. The van der Waals surface area contributed by atoms with E-state index in [2.05, 4.69) is 26.9 Å². The van der Waals surface area contributed by atoms with E-state index in [0.29, 0.717) is 16.6 Å². The smallest absolute Gasteiger partial charge is 0.221 e. The van der Waals surface area contributed by atoms with Crippen LogP contribution in [0.25, 0.3) is 0 Å². The van der Waals surface area contributed by atoms with E-state index < -0.39 is 0 Å². The monoisotopic (exact) mass is 426 g/mol. The number of benzene rings is 2. The number of Topliss-reactive ketones (excluding diaryl/α,β-unsaturated/α-hetero) is 1. The van der Waals surface area contributed by atoms with Crippen molar-refractivity contribution in [1.29, 1.82) is 0 Å². The van der Waals surface area contributed by atoms with Crippen LogP contribution in [0, 0.1) is 20.8 Å². The molecule has 0 bridgehead atoms. The Balaban J connectivity index is 1.62. The maximum Gasteiger partial charge on any atom is 0.221 e. The Labute approximate surface area is 178 Å². The molecular formula is C21H22N4O2S2. The highest BCUT2D eigenvalue weighted by molar-refractivity contribution is 8.01. The van der Waals surface area contributed by atoms with Crippen LogP contribution >= 0.6 is 23.1 Å². The zero-order valence-electron chi connectivity index (χ0n) is 16.7. The molecule has 1 heterocycles. The Hall–Kier alpha value is -2.71. The highest BCUT2D eigenvalue weighted by atomic mass is 32.2. The zero-order valence-corrected chi connectivity index (χ0v) is 18.3. The topological polar surface area (TPSA) is 84.0 Å². The lowest BCUT2D eigenvalue weighted by Gasteiger charge is -2.08. The molecule has 0 fully saturated rings. The number of ketones is 1. The van der Waals surface area contributed by atoms with Gasteiger partial charge < -0.3 is 10.6 Å². The fourth-order valence-corrected chi connectivity index (χ4v) is 4.44. The Morgan fingerprint density at radius 3 is 2.48 bits per heavy atom. The van der Waals surface area contributed by atoms with Crippen molar-refractivity contribution >= 4 is 51.3 Å². The van der Waals surface area contributed by atoms with Crippen molar-refractivity contribution in [1.82, 2.24) is 10.2 Å². The predicted molar refractivity (Wildman–Crippen MR) is 120 cm³/mol. The van der Waals surface area contributed by atoms with Gasteiger partial charge in [-0.1, -0.05) is 35.2 Å². The van der Waals surface area contributed by atoms with Gasteiger partial charge >= 0.3 is 0 Å². The van der Waals surface area contributed by atoms with Gasteiger partial charge in [-0.05, 0) is 61.7 Å². The third-order valence-corrected chi connectivity index (χ3v) is 6.28. The van der Waals surface area contributed by atoms with Crippen molar-refractivity contribution in [3.63, 3.8) is 0 Å². The number of amides is 1. The molecule has 0 unspecified atom stereocenters. The molecule has 0 spiro atoms. The normalized spacial score (nSPS) is 10.6. The molecule has 0 saturated heterocycles. The van der Waals surface area contributed by atoms with Crippen LogP contribution in [0.15, 0.2) is 40.7 Å². The second-order valence-corrected chi connectivity index (χ2v) is 8.92. The Morgan fingerprint density at radius 1 is 1.00 bits per heavy atom. The van der Waals surface area contributed by atoms with Gasteiger partial charge in [0, 0.05) is 23.9 Å². The van der Waals surface area contributed by atoms with Gasteiger partial charge in [0.25, 0.3) is 0 Å². The SMILES string of the molecule is CC(=O)Nc1cccc(Nc2nnc(SCC(=O)c3cc(C)c(C)cc3C)s2)c1. The maximum absolute atomic E-state index is 12.6. The lowest BCUT2D eigenvalue weighted by molar-refractivity contribution is -0.114. The van der Waals surface area contributed by atoms with Crippen LogP contribution in [0.5, 0.6) is 0 Å². The van der Waals surface area contributed by atoms with Crippen LogP contribution in [0.1, 0.15) is 34.0 Å². The summed E-state index contributed by atoms with van der Waals surface area (Å²) >= 11 is 2.77. The van der Waals surface area contributed by atoms with Crippen LogP contribution in [-0.2, 0) is 4.79 Å². The lowest BCUT2D eigenvalue weighted by Crippen LogP contribution is -2.06. The number of hydrogen-bond acceptors (Lipinski definition) is 7. The van der Waals surface area contributed by atoms with Crippen molar-refractivity contribution in [2.45, 2.75) is 32.0 Å². The van der Waals surface area contributed by atoms with E-state index in [4.69, 9.17) is 0 Å². The standard InChI is InChI=1S/C21H22N4O2S2/c1-12-8-14(3)18(9-13(12)2)19(27)11-28-21-25-24-20(29-21)23-17-7-5-6-16(10-17)22-15(4)26/h5-10H,11H2,1-4H3,(H,22,26)(H,23,24). The van der Waals surface area contributed by atoms with Gasteiger partial charge in [-0.2, -0.15) is 0 Å². The molecule has 1 amide bonds. The van der Waals surface area contributed by atoms with Crippen molar-refractivity contribution in [2.75, 3.05) is 16.4 Å². The summed E-state index contributed by atoms with van der Waals surface area (Å²) in [5.41, 5.74) is 5.57. The second-order valence-electron chi connectivity index (χ2n) is 6.72. The first-order valence-corrected chi connectivity index (χ1v) is 10.8. The average molecular weight is 427 g/mol. The summed E-state index contributed by atoms with van der Waals surface area (Å²) in [5, 5.41) is 14.8. The third kappa shape index (κ3) is 5.65. The molecule has 3 aromatic rings. The number of nitrogens with zero attached hydrogens (tertiary/aromatic N) is 2. The summed E-state index contributed by atoms with van der Waals surface area (Å²) in [4.78, 5) is 23.8. The number of aryl methyl sites for hydroxylation is 3. The zero-order chi connectivity index (χ0) is 21.0. The number of thioether (sulfide) groups is 1. The van der Waals surface area contributed by atoms with Crippen molar-refractivity contribution < 1.29 is 9.59 Å². The van der Waals surface area contributed by atoms with Crippen LogP contribution in [0.4, 0.5) is 16.5 Å². The average Bonchev–Trinajstić information content (AvgIpc) is 3.10. The first-order valence-electron chi connectivity index (χ1n) is 9.04. The van der Waals surface area contributed by atoms with Crippen molar-refractivity contribution in [3.8, 4) is 0 Å². The van der Waals surface area contributed by atoms with E-state index >= 15 is 0 Å². The Kier molecular flexibility index (Phi) is 6.66. The van der Waals surface area contributed by atoms with Gasteiger partial charge in [0.05, 0.1) is 5.75 Å². The molecule has 8 heteroatoms. The van der Waals surface area contributed by atoms with Gasteiger partial charge in [-0.25, -0.2) is 0 Å². The number of hydrogen-bond donors (Lipinski definition) is 2. The van der Waals surface area contributed by atoms with E-state index in [0.717, 1.165) is 26.7 Å². The van der Waals surface area contributed by atoms with Gasteiger partial charge in [0.2, 0.25) is 11.0 Å². The Morgan fingerprint density at radius 2 is 1.72 bits per heavy atom. The number of carbonyl (C=O) groups is 2. The van der Waals surface area contributed by atoms with Crippen LogP contribution in [0.3, 0.4) is 0 Å². The fraction of sp³-hybridized carbons (Fsp3) is 0.238. The quantitative estimate of drug-likeness (QED) is 0.402. The highest BCUT2D eigenvalue weighted by Crippen LogP contribution is 2.29. The molecule has 0 radical (unpaired) electrons. The largest absolute Gasteiger partial charge is 0.330 e. The van der Waals surface area contributed by atoms with Gasteiger partial charge in [-0.3, -0.25) is 9.59 Å². The molecule has 6 nitrogen and oxygen atoms in total. The van der Waals surface area contributed by atoms with Crippen LogP contribution in [0.2, 0.25) is 0 Å². The molecule has 1 aromatic heterocycles. The molecular weight excluding hydrogens is 404 g/mol. The number of aromatic nitrogens is 2. The van der Waals surface area contributed by atoms with Crippen LogP contribution in [-0.4, -0.2) is 27.6 Å². The molecule has 29 heavy (non-hydrogen) atoms. The van der Waals surface area contributed by atoms with Crippen molar-refractivity contribution in [3.05, 3.63) is 58.7 Å². The molecule has 0 saturated carbocycles. The first kappa shape index (κ1) is 21.0. The molecule has 0 aliphatic rings. The van der Waals surface area contributed by atoms with Gasteiger partial charge in [0.15, 0.2) is 10.1 Å². The van der Waals surface area contributed by atoms with E-state index in [1.165, 1.54) is 35.6 Å². The van der Waals surface area contributed by atoms with Crippen LogP contribution < -0.4 is 10.6 Å². The summed E-state index contributed by atoms with van der Waals surface area (Å²) in [6, 6.07) is 11.4. The summed E-state index contributed by atoms with van der Waals surface area (Å²) in [7, 11) is 0. The number of anilines is 3. The summed E-state index contributed by atoms with van der Waals surface area (Å²) in [6.07, 6.45) is 0. The third-order valence-electron chi connectivity index (χ3n) is 4.31. The van der Waals surface area contributed by atoms with E-state index in [-0.39, 0.29) is 11.7 Å². The fourth-order valence-electron chi connectivity index (χ4n) is 2.79. The van der Waals surface area contributed by atoms with Gasteiger partial charge in [0.1, 0.15) is 0 Å². The van der Waals surface area contributed by atoms with Gasteiger partial charge in [-0.15, -0.1) is 10.2 Å². The number of nitrogens with one attached hydrogen (secondary N) is 2. The molecule has 0 atom stereocenters. The summed E-state index contributed by atoms with van der Waals surface area (Å²) in [6.45, 7) is 7.50. The van der Waals surface area contributed by atoms with E-state index in [9.17, 15) is 9.59 Å². The number of rotatable bonds is 7. The molecule has 2 N–H and O–H groups in total. The number of carbonyl (C=O) groups excluding carboxylic acids is 2. The second kappa shape index (κ2) is 9.19. The lowest BCUT2D eigenvalue weighted by atomic mass is 9.99. The minimum absolute atomic E-state index is 0.0864. The summed E-state index contributed by atoms with van der Waals surface area (Å²) in [5.74, 6) is 0.277. The molecule has 0 aliphatic carbocycles. The molecule has 3 rings (SSSR count). The van der Waals surface area contributed by atoms with Crippen molar-refractivity contribution in [2.24, 2.45) is 0 Å². The predicted octanol–water partition coefficient (Wildman–Crippen LogP) is 5.14. The summed E-state index contributed by atoms with van der Waals surface area (Å²) < 4.78 is 0.723. The maximum atomic E-state index is 12.6. The van der Waals surface area contributed by atoms with E-state index in [1.54, 1.807) is 0 Å². The highest BCUT2D eigenvalue weighted by Gasteiger charge is 2.13. The first-order chi connectivity index (χ1) is 13.8. The minimum Gasteiger partial charge on any atom is -0.330 e. The molecule has 150 valence electrons. The minimum atomic E-state index is -0.125. The van der Waals surface area contributed by atoms with E-state index in [1.807, 2.05) is 51.1 Å².